The van der Waals surface area contributed by atoms with Gasteiger partial charge in [0.2, 0.25) is 0 Å². The first kappa shape index (κ1) is 13.4. The molecule has 0 unspecified atom stereocenters. The molecule has 2 aromatic rings. The Morgan fingerprint density at radius 2 is 2.20 bits per heavy atom. The molecule has 2 rings (SSSR count). The number of carbonyl (C=O) groups is 1. The van der Waals surface area contributed by atoms with Crippen LogP contribution in [0.5, 0.6) is 0 Å². The fourth-order valence-corrected chi connectivity index (χ4v) is 1.44. The highest BCUT2D eigenvalue weighted by Crippen LogP contribution is 2.17. The van der Waals surface area contributed by atoms with Crippen molar-refractivity contribution >= 4 is 17.5 Å². The maximum atomic E-state index is 13.2. The minimum atomic E-state index is -0.592. The lowest BCUT2D eigenvalue weighted by molar-refractivity contribution is 0.0593. The van der Waals surface area contributed by atoms with Crippen LogP contribution in [0.25, 0.3) is 0 Å². The molecule has 0 aliphatic carbocycles. The molecule has 0 radical (unpaired) electrons. The number of hydrogen-bond acceptors (Lipinski definition) is 6. The van der Waals surface area contributed by atoms with E-state index in [0.717, 1.165) is 0 Å². The summed E-state index contributed by atoms with van der Waals surface area (Å²) in [6.45, 7) is 0. The Bertz CT molecular complexity index is 680. The molecule has 0 saturated carbocycles. The van der Waals surface area contributed by atoms with Crippen molar-refractivity contribution in [1.82, 2.24) is 9.97 Å². The molecule has 100 valence electrons. The maximum absolute atomic E-state index is 13.2. The number of nitriles is 1. The lowest BCUT2D eigenvalue weighted by Crippen LogP contribution is -2.05. The van der Waals surface area contributed by atoms with E-state index >= 15 is 0 Å². The molecule has 1 aromatic heterocycles. The molecular formula is C13H9FN4O2. The van der Waals surface area contributed by atoms with Crippen LogP contribution in [-0.4, -0.2) is 23.0 Å². The molecule has 0 atom stereocenters. The molecule has 0 fully saturated rings. The number of anilines is 2. The fraction of sp³-hybridized carbons (Fsp3) is 0.0769. The van der Waals surface area contributed by atoms with Crippen LogP contribution in [0.15, 0.2) is 30.6 Å². The lowest BCUT2D eigenvalue weighted by atomic mass is 10.2. The average Bonchev–Trinajstić information content (AvgIpc) is 2.49. The monoisotopic (exact) mass is 272 g/mol. The van der Waals surface area contributed by atoms with Crippen LogP contribution in [-0.2, 0) is 4.74 Å². The Hall–Kier alpha value is -3.01. The quantitative estimate of drug-likeness (QED) is 0.860. The van der Waals surface area contributed by atoms with E-state index in [1.165, 1.54) is 37.7 Å². The summed E-state index contributed by atoms with van der Waals surface area (Å²) in [6, 6.07) is 5.74. The molecule has 1 heterocycles. The third kappa shape index (κ3) is 2.87. The zero-order chi connectivity index (χ0) is 14.5. The molecule has 1 N–H and O–H groups in total. The number of aromatic nitrogens is 2. The molecule has 0 aliphatic heterocycles. The first-order valence-electron chi connectivity index (χ1n) is 5.51. The van der Waals surface area contributed by atoms with Gasteiger partial charge in [0.05, 0.1) is 25.1 Å². The molecule has 0 saturated heterocycles. The number of benzene rings is 1. The van der Waals surface area contributed by atoms with E-state index < -0.39 is 11.8 Å². The van der Waals surface area contributed by atoms with E-state index in [4.69, 9.17) is 5.26 Å². The van der Waals surface area contributed by atoms with Gasteiger partial charge in [0.15, 0.2) is 5.69 Å². The second-order valence-electron chi connectivity index (χ2n) is 3.71. The van der Waals surface area contributed by atoms with Crippen molar-refractivity contribution in [2.75, 3.05) is 12.4 Å². The number of hydrogen-bond donors (Lipinski definition) is 1. The van der Waals surface area contributed by atoms with Gasteiger partial charge >= 0.3 is 5.97 Å². The van der Waals surface area contributed by atoms with Crippen LogP contribution in [0.2, 0.25) is 0 Å². The third-order valence-corrected chi connectivity index (χ3v) is 2.41. The molecule has 7 heteroatoms. The molecular weight excluding hydrogens is 263 g/mol. The lowest BCUT2D eigenvalue weighted by Gasteiger charge is -2.06. The minimum Gasteiger partial charge on any atom is -0.464 e. The van der Waals surface area contributed by atoms with Crippen LogP contribution in [0.4, 0.5) is 15.9 Å². The number of methoxy groups -OCH3 is 1. The van der Waals surface area contributed by atoms with Gasteiger partial charge in [0.1, 0.15) is 17.7 Å². The van der Waals surface area contributed by atoms with Crippen molar-refractivity contribution < 1.29 is 13.9 Å². The van der Waals surface area contributed by atoms with Crippen molar-refractivity contribution in [3.8, 4) is 6.07 Å². The van der Waals surface area contributed by atoms with E-state index in [1.807, 2.05) is 0 Å². The molecule has 20 heavy (non-hydrogen) atoms. The Morgan fingerprint density at radius 3 is 2.80 bits per heavy atom. The number of nitrogens with zero attached hydrogens (tertiary/aromatic N) is 3. The number of carbonyl (C=O) groups excluding carboxylic acids is 1. The smallest absolute Gasteiger partial charge is 0.358 e. The van der Waals surface area contributed by atoms with Gasteiger partial charge in [-0.2, -0.15) is 5.26 Å². The third-order valence-electron chi connectivity index (χ3n) is 2.41. The second-order valence-corrected chi connectivity index (χ2v) is 3.71. The van der Waals surface area contributed by atoms with Crippen LogP contribution >= 0.6 is 0 Å². The van der Waals surface area contributed by atoms with Crippen molar-refractivity contribution in [3.05, 3.63) is 47.7 Å². The predicted octanol–water partition coefficient (Wildman–Crippen LogP) is 2.02. The van der Waals surface area contributed by atoms with Crippen molar-refractivity contribution in [2.45, 2.75) is 0 Å². The van der Waals surface area contributed by atoms with Crippen molar-refractivity contribution in [3.63, 3.8) is 0 Å². The summed E-state index contributed by atoms with van der Waals surface area (Å²) in [5.41, 5.74) is 0.493. The van der Waals surface area contributed by atoms with Gasteiger partial charge in [-0.25, -0.2) is 19.2 Å². The Labute approximate surface area is 113 Å². The highest BCUT2D eigenvalue weighted by Gasteiger charge is 2.08. The van der Waals surface area contributed by atoms with Gasteiger partial charge in [-0.3, -0.25) is 0 Å². The summed E-state index contributed by atoms with van der Waals surface area (Å²) >= 11 is 0. The zero-order valence-corrected chi connectivity index (χ0v) is 10.4. The molecule has 0 bridgehead atoms. The summed E-state index contributed by atoms with van der Waals surface area (Å²) in [6.07, 6.45) is 2.59. The molecule has 6 nitrogen and oxygen atoms in total. The molecule has 0 spiro atoms. The first-order valence-corrected chi connectivity index (χ1v) is 5.51. The summed E-state index contributed by atoms with van der Waals surface area (Å²) < 4.78 is 17.7. The number of rotatable bonds is 3. The molecule has 0 aliphatic rings. The summed E-state index contributed by atoms with van der Waals surface area (Å²) in [5.74, 6) is -0.823. The number of halogens is 1. The summed E-state index contributed by atoms with van der Waals surface area (Å²) in [5, 5.41) is 11.6. The van der Waals surface area contributed by atoms with Gasteiger partial charge in [-0.05, 0) is 18.2 Å². The predicted molar refractivity (Wildman–Crippen MR) is 67.8 cm³/mol. The SMILES string of the molecule is COC(=O)c1cnc(Nc2ccc(F)c(C#N)c2)cn1. The Balaban J connectivity index is 2.18. The molecule has 0 amide bonds. The number of esters is 1. The van der Waals surface area contributed by atoms with Gasteiger partial charge in [-0.1, -0.05) is 0 Å². The van der Waals surface area contributed by atoms with Crippen LogP contribution in [0.3, 0.4) is 0 Å². The van der Waals surface area contributed by atoms with E-state index in [1.54, 1.807) is 6.07 Å². The van der Waals surface area contributed by atoms with Crippen LogP contribution in [0.1, 0.15) is 16.1 Å². The number of nitrogens with one attached hydrogen (secondary N) is 1. The van der Waals surface area contributed by atoms with Crippen LogP contribution < -0.4 is 5.32 Å². The van der Waals surface area contributed by atoms with E-state index in [0.29, 0.717) is 11.5 Å². The van der Waals surface area contributed by atoms with Crippen molar-refractivity contribution in [1.29, 1.82) is 5.26 Å². The highest BCUT2D eigenvalue weighted by atomic mass is 19.1. The van der Waals surface area contributed by atoms with E-state index in [2.05, 4.69) is 20.0 Å². The average molecular weight is 272 g/mol. The zero-order valence-electron chi connectivity index (χ0n) is 10.4. The van der Waals surface area contributed by atoms with E-state index in [9.17, 15) is 9.18 Å². The van der Waals surface area contributed by atoms with Gasteiger partial charge in [-0.15, -0.1) is 0 Å². The second kappa shape index (κ2) is 5.75. The molecule has 1 aromatic carbocycles. The van der Waals surface area contributed by atoms with E-state index in [-0.39, 0.29) is 11.3 Å². The Kier molecular flexibility index (Phi) is 3.86. The highest BCUT2D eigenvalue weighted by molar-refractivity contribution is 5.86. The van der Waals surface area contributed by atoms with Gasteiger partial charge < -0.3 is 10.1 Å². The standard InChI is InChI=1S/C13H9FN4O2/c1-20-13(19)11-6-17-12(7-16-11)18-9-2-3-10(14)8(4-9)5-15/h2-4,6-7H,1H3,(H,17,18). The largest absolute Gasteiger partial charge is 0.464 e. The normalized spacial score (nSPS) is 9.65. The van der Waals surface area contributed by atoms with Crippen LogP contribution in [0, 0.1) is 17.1 Å². The number of ether oxygens (including phenoxy) is 1. The fourth-order valence-electron chi connectivity index (χ4n) is 1.44. The summed E-state index contributed by atoms with van der Waals surface area (Å²) in [7, 11) is 1.25. The topological polar surface area (TPSA) is 87.9 Å². The summed E-state index contributed by atoms with van der Waals surface area (Å²) in [4.78, 5) is 19.0. The first-order chi connectivity index (χ1) is 9.63. The van der Waals surface area contributed by atoms with Gasteiger partial charge in [0.25, 0.3) is 0 Å². The van der Waals surface area contributed by atoms with Gasteiger partial charge in [0, 0.05) is 5.69 Å². The maximum Gasteiger partial charge on any atom is 0.358 e. The van der Waals surface area contributed by atoms with Crippen molar-refractivity contribution in [2.24, 2.45) is 0 Å². The minimum absolute atomic E-state index is 0.0749. The Morgan fingerprint density at radius 1 is 1.40 bits per heavy atom.